The molecule has 1 aliphatic heterocycles. The van der Waals surface area contributed by atoms with Crippen LogP contribution in [0.15, 0.2) is 72.3 Å². The van der Waals surface area contributed by atoms with E-state index in [1.165, 1.54) is 12.1 Å². The molecule has 0 aromatic heterocycles. The zero-order chi connectivity index (χ0) is 23.5. The minimum absolute atomic E-state index is 0.209. The average Bonchev–Trinajstić information content (AvgIpc) is 2.76. The first kappa shape index (κ1) is 22.6. The summed E-state index contributed by atoms with van der Waals surface area (Å²) in [5, 5.41) is 2.85. The van der Waals surface area contributed by atoms with Crippen molar-refractivity contribution in [3.8, 4) is 5.75 Å². The molecule has 0 unspecified atom stereocenters. The number of amides is 4. The fourth-order valence-corrected chi connectivity index (χ4v) is 3.79. The lowest BCUT2D eigenvalue weighted by molar-refractivity contribution is -0.122. The quantitative estimate of drug-likeness (QED) is 0.383. The number of rotatable bonds is 5. The van der Waals surface area contributed by atoms with Gasteiger partial charge in [0.05, 0.1) is 10.7 Å². The normalized spacial score (nSPS) is 15.1. The second kappa shape index (κ2) is 9.48. The SMILES string of the molecule is Cc1cccc(COc2ccc(/C=C3\C(=O)NC(=O)N(c4cccc(Cl)c4)C3=O)cc2Cl)c1. The molecule has 4 rings (SSSR count). The van der Waals surface area contributed by atoms with Gasteiger partial charge in [0.25, 0.3) is 11.8 Å². The van der Waals surface area contributed by atoms with Gasteiger partial charge in [-0.15, -0.1) is 0 Å². The first-order chi connectivity index (χ1) is 15.8. The number of urea groups is 1. The van der Waals surface area contributed by atoms with Crippen LogP contribution in [0, 0.1) is 6.92 Å². The fraction of sp³-hybridized carbons (Fsp3) is 0.0800. The smallest absolute Gasteiger partial charge is 0.335 e. The van der Waals surface area contributed by atoms with E-state index in [4.69, 9.17) is 27.9 Å². The standard InChI is InChI=1S/C25H18Cl2N2O4/c1-15-4-2-5-17(10-15)14-33-22-9-8-16(12-21(22)27)11-20-23(30)28-25(32)29(24(20)31)19-7-3-6-18(26)13-19/h2-13H,14H2,1H3,(H,28,30,32)/b20-11+. The van der Waals surface area contributed by atoms with Crippen molar-refractivity contribution in [3.05, 3.63) is 99.0 Å². The van der Waals surface area contributed by atoms with Crippen molar-refractivity contribution in [2.75, 3.05) is 4.90 Å². The van der Waals surface area contributed by atoms with E-state index in [2.05, 4.69) is 5.32 Å². The number of aryl methyl sites for hydroxylation is 1. The first-order valence-electron chi connectivity index (χ1n) is 9.97. The Morgan fingerprint density at radius 2 is 1.76 bits per heavy atom. The molecule has 1 heterocycles. The number of benzene rings is 3. The second-order valence-electron chi connectivity index (χ2n) is 7.41. The van der Waals surface area contributed by atoms with Crippen LogP contribution in [0.2, 0.25) is 10.0 Å². The van der Waals surface area contributed by atoms with Crippen molar-refractivity contribution in [3.63, 3.8) is 0 Å². The molecular weight excluding hydrogens is 463 g/mol. The van der Waals surface area contributed by atoms with Crippen LogP contribution in [0.1, 0.15) is 16.7 Å². The van der Waals surface area contributed by atoms with Crippen molar-refractivity contribution < 1.29 is 19.1 Å². The molecule has 8 heteroatoms. The molecule has 0 aliphatic carbocycles. The lowest BCUT2D eigenvalue weighted by atomic mass is 10.1. The summed E-state index contributed by atoms with van der Waals surface area (Å²) in [4.78, 5) is 38.5. The first-order valence-corrected chi connectivity index (χ1v) is 10.7. The van der Waals surface area contributed by atoms with E-state index < -0.39 is 17.8 Å². The maximum absolute atomic E-state index is 13.0. The van der Waals surface area contributed by atoms with E-state index in [-0.39, 0.29) is 11.3 Å². The maximum atomic E-state index is 13.0. The van der Waals surface area contributed by atoms with Crippen molar-refractivity contribution in [2.24, 2.45) is 0 Å². The lowest BCUT2D eigenvalue weighted by Crippen LogP contribution is -2.54. The van der Waals surface area contributed by atoms with Gasteiger partial charge in [-0.25, -0.2) is 9.69 Å². The van der Waals surface area contributed by atoms with E-state index in [1.54, 1.807) is 36.4 Å². The number of hydrogen-bond acceptors (Lipinski definition) is 4. The molecule has 0 bridgehead atoms. The fourth-order valence-electron chi connectivity index (χ4n) is 3.36. The van der Waals surface area contributed by atoms with E-state index in [0.717, 1.165) is 16.0 Å². The van der Waals surface area contributed by atoms with Crippen LogP contribution >= 0.6 is 23.2 Å². The van der Waals surface area contributed by atoms with E-state index in [9.17, 15) is 14.4 Å². The number of nitrogens with zero attached hydrogens (tertiary/aromatic N) is 1. The third kappa shape index (κ3) is 5.08. The molecule has 33 heavy (non-hydrogen) atoms. The number of barbiturate groups is 1. The van der Waals surface area contributed by atoms with Crippen LogP contribution in [0.25, 0.3) is 6.08 Å². The summed E-state index contributed by atoms with van der Waals surface area (Å²) < 4.78 is 5.80. The number of ether oxygens (including phenoxy) is 1. The van der Waals surface area contributed by atoms with Gasteiger partial charge in [0.2, 0.25) is 0 Å². The zero-order valence-electron chi connectivity index (χ0n) is 17.5. The van der Waals surface area contributed by atoms with Crippen molar-refractivity contribution in [1.29, 1.82) is 0 Å². The van der Waals surface area contributed by atoms with Crippen LogP contribution in [-0.4, -0.2) is 17.8 Å². The molecule has 4 amide bonds. The second-order valence-corrected chi connectivity index (χ2v) is 8.25. The molecule has 0 saturated carbocycles. The summed E-state index contributed by atoms with van der Waals surface area (Å²) in [5.41, 5.74) is 2.68. The predicted octanol–water partition coefficient (Wildman–Crippen LogP) is 5.55. The Labute approximate surface area is 200 Å². The van der Waals surface area contributed by atoms with Crippen LogP contribution in [0.5, 0.6) is 5.75 Å². The van der Waals surface area contributed by atoms with Crippen molar-refractivity contribution >= 4 is 52.8 Å². The third-order valence-corrected chi connectivity index (χ3v) is 5.44. The summed E-state index contributed by atoms with van der Waals surface area (Å²) >= 11 is 12.3. The number of carbonyl (C=O) groups excluding carboxylic acids is 3. The van der Waals surface area contributed by atoms with Gasteiger partial charge < -0.3 is 4.74 Å². The Balaban J connectivity index is 1.57. The molecule has 3 aromatic rings. The number of nitrogens with one attached hydrogen (secondary N) is 1. The molecular formula is C25H18Cl2N2O4. The monoisotopic (exact) mass is 480 g/mol. The van der Waals surface area contributed by atoms with E-state index >= 15 is 0 Å². The van der Waals surface area contributed by atoms with Crippen LogP contribution in [-0.2, 0) is 16.2 Å². The minimum atomic E-state index is -0.845. The summed E-state index contributed by atoms with van der Waals surface area (Å²) in [6, 6.07) is 18.2. The average molecular weight is 481 g/mol. The largest absolute Gasteiger partial charge is 0.487 e. The molecule has 0 radical (unpaired) electrons. The molecule has 6 nitrogen and oxygen atoms in total. The van der Waals surface area contributed by atoms with Crippen LogP contribution in [0.4, 0.5) is 10.5 Å². The Morgan fingerprint density at radius 3 is 2.48 bits per heavy atom. The number of anilines is 1. The lowest BCUT2D eigenvalue weighted by Gasteiger charge is -2.26. The summed E-state index contributed by atoms with van der Waals surface area (Å²) in [7, 11) is 0. The van der Waals surface area contributed by atoms with E-state index in [1.807, 2.05) is 31.2 Å². The highest BCUT2D eigenvalue weighted by Gasteiger charge is 2.36. The highest BCUT2D eigenvalue weighted by molar-refractivity contribution is 6.39. The topological polar surface area (TPSA) is 75.7 Å². The Bertz CT molecular complexity index is 1300. The summed E-state index contributed by atoms with van der Waals surface area (Å²) in [5.74, 6) is -1.09. The number of halogens is 2. The Morgan fingerprint density at radius 1 is 0.970 bits per heavy atom. The maximum Gasteiger partial charge on any atom is 0.335 e. The number of carbonyl (C=O) groups is 3. The van der Waals surface area contributed by atoms with Gasteiger partial charge in [-0.1, -0.05) is 65.2 Å². The predicted molar refractivity (Wildman–Crippen MR) is 127 cm³/mol. The zero-order valence-corrected chi connectivity index (χ0v) is 19.0. The highest BCUT2D eigenvalue weighted by Crippen LogP contribution is 2.29. The molecule has 0 atom stereocenters. The van der Waals surface area contributed by atoms with Gasteiger partial charge in [0.15, 0.2) is 0 Å². The molecule has 3 aromatic carbocycles. The molecule has 0 spiro atoms. The van der Waals surface area contributed by atoms with Gasteiger partial charge in [0.1, 0.15) is 17.9 Å². The molecule has 166 valence electrons. The van der Waals surface area contributed by atoms with Crippen molar-refractivity contribution in [1.82, 2.24) is 5.32 Å². The van der Waals surface area contributed by atoms with Crippen LogP contribution < -0.4 is 15.0 Å². The Kier molecular flexibility index (Phi) is 6.49. The van der Waals surface area contributed by atoms with E-state index in [0.29, 0.717) is 28.0 Å². The van der Waals surface area contributed by atoms with Gasteiger partial charge in [-0.2, -0.15) is 0 Å². The third-order valence-electron chi connectivity index (χ3n) is 4.91. The summed E-state index contributed by atoms with van der Waals surface area (Å²) in [6.45, 7) is 2.35. The highest BCUT2D eigenvalue weighted by atomic mass is 35.5. The molecule has 1 saturated heterocycles. The van der Waals surface area contributed by atoms with Crippen molar-refractivity contribution in [2.45, 2.75) is 13.5 Å². The molecule has 1 fully saturated rings. The van der Waals surface area contributed by atoms with Gasteiger partial charge in [0, 0.05) is 5.02 Å². The van der Waals surface area contributed by atoms with Crippen LogP contribution in [0.3, 0.4) is 0 Å². The number of imide groups is 2. The van der Waals surface area contributed by atoms with Gasteiger partial charge in [-0.3, -0.25) is 14.9 Å². The van der Waals surface area contributed by atoms with Gasteiger partial charge in [-0.05, 0) is 54.5 Å². The molecule has 1 N–H and O–H groups in total. The summed E-state index contributed by atoms with van der Waals surface area (Å²) in [6.07, 6.45) is 1.37. The molecule has 1 aliphatic rings. The Hall–Kier alpha value is -3.61. The number of hydrogen-bond donors (Lipinski definition) is 1. The minimum Gasteiger partial charge on any atom is -0.487 e. The van der Waals surface area contributed by atoms with Gasteiger partial charge >= 0.3 is 6.03 Å².